The van der Waals surface area contributed by atoms with Crippen LogP contribution in [0.2, 0.25) is 0 Å². The van der Waals surface area contributed by atoms with E-state index in [1.165, 1.54) is 10.9 Å². The fourth-order valence-corrected chi connectivity index (χ4v) is 3.27. The third-order valence-electron chi connectivity index (χ3n) is 3.33. The number of carbonyl (C=O) groups is 3. The summed E-state index contributed by atoms with van der Waals surface area (Å²) in [5, 5.41) is 6.91. The Morgan fingerprint density at radius 1 is 1.38 bits per heavy atom. The smallest absolute Gasteiger partial charge is 0.341 e. The summed E-state index contributed by atoms with van der Waals surface area (Å²) in [6.45, 7) is 5.82. The molecule has 0 radical (unpaired) electrons. The standard InChI is InChI=1S/C15H18N4O4S/c1-4-19-9(6-7-17-19)13(21)18-14-10(15(22)23-5-2)8(3)11(24-14)12(16)20/h6-7H,4-5H2,1-3H3,(H2,16,20)(H,18,21). The van der Waals surface area contributed by atoms with Crippen LogP contribution in [-0.4, -0.2) is 34.2 Å². The van der Waals surface area contributed by atoms with Gasteiger partial charge < -0.3 is 15.8 Å². The predicted molar refractivity (Wildman–Crippen MR) is 89.4 cm³/mol. The second kappa shape index (κ2) is 7.26. The Balaban J connectivity index is 2.42. The van der Waals surface area contributed by atoms with E-state index in [9.17, 15) is 14.4 Å². The van der Waals surface area contributed by atoms with Crippen molar-refractivity contribution in [1.29, 1.82) is 0 Å². The fraction of sp³-hybridized carbons (Fsp3) is 0.333. The van der Waals surface area contributed by atoms with Crippen molar-refractivity contribution in [3.8, 4) is 0 Å². The highest BCUT2D eigenvalue weighted by Crippen LogP contribution is 2.33. The van der Waals surface area contributed by atoms with Gasteiger partial charge in [-0.25, -0.2) is 4.79 Å². The molecule has 2 aromatic heterocycles. The first-order chi connectivity index (χ1) is 11.4. The number of hydrogen-bond donors (Lipinski definition) is 2. The van der Waals surface area contributed by atoms with Crippen molar-refractivity contribution >= 4 is 34.1 Å². The van der Waals surface area contributed by atoms with Crippen LogP contribution in [0, 0.1) is 6.92 Å². The van der Waals surface area contributed by atoms with Crippen molar-refractivity contribution in [2.45, 2.75) is 27.3 Å². The lowest BCUT2D eigenvalue weighted by molar-refractivity contribution is 0.0527. The second-order valence-electron chi connectivity index (χ2n) is 4.83. The zero-order valence-corrected chi connectivity index (χ0v) is 14.4. The monoisotopic (exact) mass is 350 g/mol. The van der Waals surface area contributed by atoms with Crippen LogP contribution >= 0.6 is 11.3 Å². The summed E-state index contributed by atoms with van der Waals surface area (Å²) < 4.78 is 6.53. The predicted octanol–water partition coefficient (Wildman–Crippen LogP) is 1.80. The molecule has 0 aliphatic carbocycles. The van der Waals surface area contributed by atoms with E-state index < -0.39 is 17.8 Å². The van der Waals surface area contributed by atoms with Gasteiger partial charge in [-0.1, -0.05) is 0 Å². The molecule has 8 nitrogen and oxygen atoms in total. The summed E-state index contributed by atoms with van der Waals surface area (Å²) in [5.41, 5.74) is 6.22. The van der Waals surface area contributed by atoms with Gasteiger partial charge in [0.2, 0.25) is 0 Å². The molecule has 0 aliphatic rings. The molecule has 2 amide bonds. The van der Waals surface area contributed by atoms with Gasteiger partial charge in [-0.3, -0.25) is 14.3 Å². The number of nitrogens with one attached hydrogen (secondary N) is 1. The number of carbonyl (C=O) groups excluding carboxylic acids is 3. The number of nitrogens with two attached hydrogens (primary N) is 1. The number of aryl methyl sites for hydroxylation is 1. The summed E-state index contributed by atoms with van der Waals surface area (Å²) in [7, 11) is 0. The molecule has 24 heavy (non-hydrogen) atoms. The maximum absolute atomic E-state index is 12.4. The first-order valence-corrected chi connectivity index (χ1v) is 8.15. The third kappa shape index (κ3) is 3.30. The van der Waals surface area contributed by atoms with Gasteiger partial charge in [-0.05, 0) is 32.4 Å². The fourth-order valence-electron chi connectivity index (χ4n) is 2.23. The lowest BCUT2D eigenvalue weighted by atomic mass is 10.1. The average molecular weight is 350 g/mol. The molecule has 9 heteroatoms. The Labute approximate surface area is 142 Å². The number of thiophene rings is 1. The third-order valence-corrected chi connectivity index (χ3v) is 4.55. The summed E-state index contributed by atoms with van der Waals surface area (Å²) in [4.78, 5) is 36.4. The van der Waals surface area contributed by atoms with Gasteiger partial charge in [0.25, 0.3) is 11.8 Å². The minimum absolute atomic E-state index is 0.145. The molecule has 2 rings (SSSR count). The van der Waals surface area contributed by atoms with E-state index in [2.05, 4.69) is 10.4 Å². The maximum Gasteiger partial charge on any atom is 0.341 e. The lowest BCUT2D eigenvalue weighted by Crippen LogP contribution is -2.18. The van der Waals surface area contributed by atoms with Gasteiger partial charge in [-0.2, -0.15) is 5.10 Å². The number of anilines is 1. The van der Waals surface area contributed by atoms with E-state index in [-0.39, 0.29) is 22.0 Å². The highest BCUT2D eigenvalue weighted by atomic mass is 32.1. The number of amides is 2. The number of hydrogen-bond acceptors (Lipinski definition) is 6. The van der Waals surface area contributed by atoms with Gasteiger partial charge in [0.1, 0.15) is 10.7 Å². The summed E-state index contributed by atoms with van der Waals surface area (Å²) in [6.07, 6.45) is 1.51. The Kier molecular flexibility index (Phi) is 5.35. The van der Waals surface area contributed by atoms with Crippen LogP contribution in [0.15, 0.2) is 12.3 Å². The molecule has 2 heterocycles. The highest BCUT2D eigenvalue weighted by Gasteiger charge is 2.26. The number of esters is 1. The van der Waals surface area contributed by atoms with E-state index >= 15 is 0 Å². The highest BCUT2D eigenvalue weighted by molar-refractivity contribution is 7.18. The summed E-state index contributed by atoms with van der Waals surface area (Å²) >= 11 is 0.950. The zero-order chi connectivity index (χ0) is 17.9. The van der Waals surface area contributed by atoms with Crippen molar-refractivity contribution in [3.63, 3.8) is 0 Å². The SMILES string of the molecule is CCOC(=O)c1c(NC(=O)c2ccnn2CC)sc(C(N)=O)c1C. The molecule has 0 aliphatic heterocycles. The minimum atomic E-state index is -0.665. The van der Waals surface area contributed by atoms with Crippen LogP contribution in [-0.2, 0) is 11.3 Å². The van der Waals surface area contributed by atoms with Crippen molar-refractivity contribution in [2.24, 2.45) is 5.73 Å². The maximum atomic E-state index is 12.4. The second-order valence-corrected chi connectivity index (χ2v) is 5.85. The van der Waals surface area contributed by atoms with Crippen LogP contribution < -0.4 is 11.1 Å². The van der Waals surface area contributed by atoms with Crippen molar-refractivity contribution < 1.29 is 19.1 Å². The van der Waals surface area contributed by atoms with Crippen LogP contribution in [0.3, 0.4) is 0 Å². The average Bonchev–Trinajstić information content (AvgIpc) is 3.11. The van der Waals surface area contributed by atoms with Gasteiger partial charge in [0, 0.05) is 12.7 Å². The van der Waals surface area contributed by atoms with Crippen LogP contribution in [0.25, 0.3) is 0 Å². The minimum Gasteiger partial charge on any atom is -0.462 e. The van der Waals surface area contributed by atoms with E-state index in [0.717, 1.165) is 11.3 Å². The summed E-state index contributed by atoms with van der Waals surface area (Å²) in [5.74, 6) is -1.71. The number of ether oxygens (including phenoxy) is 1. The lowest BCUT2D eigenvalue weighted by Gasteiger charge is -2.08. The Hall–Kier alpha value is -2.68. The summed E-state index contributed by atoms with van der Waals surface area (Å²) in [6, 6.07) is 1.57. The van der Waals surface area contributed by atoms with Crippen LogP contribution in [0.5, 0.6) is 0 Å². The normalized spacial score (nSPS) is 10.5. The molecule has 3 N–H and O–H groups in total. The van der Waals surface area contributed by atoms with Gasteiger partial charge in [0.15, 0.2) is 0 Å². The topological polar surface area (TPSA) is 116 Å². The quantitative estimate of drug-likeness (QED) is 0.771. The zero-order valence-electron chi connectivity index (χ0n) is 13.6. The van der Waals surface area contributed by atoms with Crippen LogP contribution in [0.4, 0.5) is 5.00 Å². The van der Waals surface area contributed by atoms with Gasteiger partial charge >= 0.3 is 5.97 Å². The molecule has 0 saturated heterocycles. The van der Waals surface area contributed by atoms with Gasteiger partial charge in [-0.15, -0.1) is 11.3 Å². The number of nitrogens with zero attached hydrogens (tertiary/aromatic N) is 2. The molecular formula is C15H18N4O4S. The number of primary amides is 1. The molecule has 2 aromatic rings. The van der Waals surface area contributed by atoms with E-state index in [1.54, 1.807) is 19.9 Å². The van der Waals surface area contributed by atoms with Crippen molar-refractivity contribution in [3.05, 3.63) is 34.0 Å². The Morgan fingerprint density at radius 3 is 2.67 bits per heavy atom. The largest absolute Gasteiger partial charge is 0.462 e. The van der Waals surface area contributed by atoms with E-state index in [1.807, 2.05) is 6.92 Å². The first kappa shape index (κ1) is 17.7. The molecule has 0 aromatic carbocycles. The van der Waals surface area contributed by atoms with Crippen molar-refractivity contribution in [1.82, 2.24) is 9.78 Å². The van der Waals surface area contributed by atoms with E-state index in [0.29, 0.717) is 17.8 Å². The number of rotatable bonds is 6. The number of aromatic nitrogens is 2. The molecular weight excluding hydrogens is 332 g/mol. The Morgan fingerprint density at radius 2 is 2.08 bits per heavy atom. The molecule has 0 bridgehead atoms. The Bertz CT molecular complexity index is 793. The molecule has 0 atom stereocenters. The molecule has 0 fully saturated rings. The molecule has 128 valence electrons. The molecule has 0 spiro atoms. The van der Waals surface area contributed by atoms with Crippen molar-refractivity contribution in [2.75, 3.05) is 11.9 Å². The first-order valence-electron chi connectivity index (χ1n) is 7.34. The van der Waals surface area contributed by atoms with Gasteiger partial charge in [0.05, 0.1) is 17.0 Å². The van der Waals surface area contributed by atoms with E-state index in [4.69, 9.17) is 10.5 Å². The molecule has 0 saturated carbocycles. The van der Waals surface area contributed by atoms with Crippen LogP contribution in [0.1, 0.15) is 49.9 Å². The molecule has 0 unspecified atom stereocenters.